The zero-order valence-corrected chi connectivity index (χ0v) is 14.4. The Morgan fingerprint density at radius 2 is 1.73 bits per heavy atom. The zero-order chi connectivity index (χ0) is 19.2. The Bertz CT molecular complexity index is 775. The monoisotopic (exact) mass is 384 g/mol. The summed E-state index contributed by atoms with van der Waals surface area (Å²) in [4.78, 5) is 20.2. The molecule has 2 aromatic carbocycles. The Hall–Kier alpha value is -2.20. The van der Waals surface area contributed by atoms with E-state index in [1.807, 2.05) is 6.92 Å². The first-order chi connectivity index (χ1) is 12.3. The molecule has 0 atom stereocenters. The van der Waals surface area contributed by atoms with Gasteiger partial charge in [0.1, 0.15) is 5.71 Å². The number of alkyl halides is 3. The van der Waals surface area contributed by atoms with Crippen molar-refractivity contribution in [2.75, 3.05) is 0 Å². The van der Waals surface area contributed by atoms with Crippen LogP contribution in [0.4, 0.5) is 18.9 Å². The molecule has 9 heteroatoms. The van der Waals surface area contributed by atoms with Gasteiger partial charge in [0.15, 0.2) is 5.78 Å². The lowest BCUT2D eigenvalue weighted by molar-refractivity contribution is -0.195. The zero-order valence-electron chi connectivity index (χ0n) is 13.6. The van der Waals surface area contributed by atoms with Crippen molar-refractivity contribution in [3.8, 4) is 0 Å². The van der Waals surface area contributed by atoms with Crippen LogP contribution < -0.4 is 5.90 Å². The van der Waals surface area contributed by atoms with E-state index in [2.05, 4.69) is 14.3 Å². The first-order valence-electron chi connectivity index (χ1n) is 7.34. The summed E-state index contributed by atoms with van der Waals surface area (Å²) in [7, 11) is 0. The van der Waals surface area contributed by atoms with Crippen LogP contribution in [-0.2, 0) is 9.32 Å². The second-order valence-corrected chi connectivity index (χ2v) is 6.04. The topological polar surface area (TPSA) is 73.9 Å². The molecule has 26 heavy (non-hydrogen) atoms. The van der Waals surface area contributed by atoms with E-state index in [1.54, 1.807) is 12.1 Å². The molecule has 0 aliphatic heterocycles. The molecule has 0 unspecified atom stereocenters. The minimum absolute atomic E-state index is 0.0621. The maximum Gasteiger partial charge on any atom is 0.429 e. The summed E-state index contributed by atoms with van der Waals surface area (Å²) < 4.78 is 44.2. The predicted molar refractivity (Wildman–Crippen MR) is 91.9 cm³/mol. The molecule has 138 valence electrons. The van der Waals surface area contributed by atoms with E-state index in [1.165, 1.54) is 36.4 Å². The van der Waals surface area contributed by atoms with Crippen LogP contribution in [-0.4, -0.2) is 17.7 Å². The van der Waals surface area contributed by atoms with Crippen LogP contribution in [0.1, 0.15) is 22.3 Å². The summed E-state index contributed by atoms with van der Waals surface area (Å²) in [6.07, 6.45) is -5.56. The molecule has 2 rings (SSSR count). The van der Waals surface area contributed by atoms with Crippen molar-refractivity contribution in [2.24, 2.45) is 10.9 Å². The average Bonchev–Trinajstić information content (AvgIpc) is 2.60. The molecule has 0 saturated heterocycles. The second-order valence-electron chi connectivity index (χ2n) is 5.26. The number of nitrogens with zero attached hydrogens (tertiary/aromatic N) is 1. The van der Waals surface area contributed by atoms with Crippen molar-refractivity contribution in [3.05, 3.63) is 59.7 Å². The number of nitrogens with two attached hydrogens (primary N) is 1. The van der Waals surface area contributed by atoms with Crippen molar-refractivity contribution < 1.29 is 27.3 Å². The number of Topliss-reactive ketones (excluding diaryl/α,β-unsaturated/α-hetero) is 1. The molecule has 0 amide bonds. The van der Waals surface area contributed by atoms with Crippen LogP contribution in [0.25, 0.3) is 0 Å². The highest BCUT2D eigenvalue weighted by Crippen LogP contribution is 2.27. The van der Waals surface area contributed by atoms with Crippen molar-refractivity contribution in [2.45, 2.75) is 24.4 Å². The third kappa shape index (κ3) is 5.95. The molecular formula is C17H15F3N2O3S. The van der Waals surface area contributed by atoms with Crippen LogP contribution in [0.5, 0.6) is 0 Å². The molecule has 2 N–H and O–H groups in total. The molecule has 5 nitrogen and oxygen atoms in total. The normalized spacial score (nSPS) is 12.3. The fraction of sp³-hybridized carbons (Fsp3) is 0.176. The lowest BCUT2D eigenvalue weighted by Crippen LogP contribution is -2.25. The van der Waals surface area contributed by atoms with E-state index in [4.69, 9.17) is 5.90 Å². The minimum Gasteiger partial charge on any atom is -0.294 e. The van der Waals surface area contributed by atoms with Gasteiger partial charge in [-0.3, -0.25) is 4.79 Å². The lowest BCUT2D eigenvalue weighted by Gasteiger charge is -2.10. The van der Waals surface area contributed by atoms with E-state index >= 15 is 0 Å². The van der Waals surface area contributed by atoms with Crippen LogP contribution in [0.3, 0.4) is 0 Å². The van der Waals surface area contributed by atoms with Gasteiger partial charge in [-0.05, 0) is 31.2 Å². The smallest absolute Gasteiger partial charge is 0.294 e. The maximum absolute atomic E-state index is 13.3. The first-order valence-corrected chi connectivity index (χ1v) is 8.08. The number of hydrogen-bond acceptors (Lipinski definition) is 6. The van der Waals surface area contributed by atoms with Crippen LogP contribution in [0.15, 0.2) is 58.4 Å². The fourth-order valence-electron chi connectivity index (χ4n) is 1.99. The van der Waals surface area contributed by atoms with E-state index < -0.39 is 24.1 Å². The lowest BCUT2D eigenvalue weighted by atomic mass is 10.0. The van der Waals surface area contributed by atoms with Gasteiger partial charge in [-0.1, -0.05) is 29.8 Å². The highest BCUT2D eigenvalue weighted by Gasteiger charge is 2.37. The summed E-state index contributed by atoms with van der Waals surface area (Å²) >= 11 is 0.791. The van der Waals surface area contributed by atoms with Gasteiger partial charge in [0.25, 0.3) is 0 Å². The standard InChI is InChI=1S/C17H15F3N2O3S/c1-11-2-4-12(5-3-11)15(23)10-16(17(18,19)20)22-13-6-8-14(9-7-13)26-25-24-21/h2-9H,10,21H2,1H3/b22-16-. The summed E-state index contributed by atoms with van der Waals surface area (Å²) in [5.41, 5.74) is 0.0172. The molecule has 0 aliphatic carbocycles. The maximum atomic E-state index is 13.3. The van der Waals surface area contributed by atoms with E-state index in [-0.39, 0.29) is 11.3 Å². The number of carbonyl (C=O) groups is 1. The average molecular weight is 384 g/mol. The molecule has 2 aromatic rings. The van der Waals surface area contributed by atoms with Gasteiger partial charge < -0.3 is 0 Å². The second kappa shape index (κ2) is 8.95. The number of aryl methyl sites for hydroxylation is 1. The quantitative estimate of drug-likeness (QED) is 0.246. The first kappa shape index (κ1) is 20.1. The number of hydrogen-bond donors (Lipinski definition) is 1. The van der Waals surface area contributed by atoms with Gasteiger partial charge >= 0.3 is 6.18 Å². The summed E-state index contributed by atoms with van der Waals surface area (Å²) in [5.74, 6) is 4.05. The predicted octanol–water partition coefficient (Wildman–Crippen LogP) is 4.73. The molecule has 0 spiro atoms. The third-order valence-corrected chi connectivity index (χ3v) is 3.91. The molecule has 0 aromatic heterocycles. The highest BCUT2D eigenvalue weighted by molar-refractivity contribution is 7.94. The van der Waals surface area contributed by atoms with E-state index in [0.717, 1.165) is 17.6 Å². The van der Waals surface area contributed by atoms with Gasteiger partial charge in [-0.15, -0.1) is 9.32 Å². The van der Waals surface area contributed by atoms with Crippen LogP contribution in [0.2, 0.25) is 0 Å². The summed E-state index contributed by atoms with van der Waals surface area (Å²) in [6.45, 7) is 1.82. The van der Waals surface area contributed by atoms with Crippen molar-refractivity contribution >= 4 is 29.2 Å². The number of rotatable bonds is 7. The SMILES string of the molecule is Cc1ccc(C(=O)C/C(=N/c2ccc(SOON)cc2)C(F)(F)F)cc1. The van der Waals surface area contributed by atoms with Gasteiger partial charge in [0.2, 0.25) is 0 Å². The van der Waals surface area contributed by atoms with Gasteiger partial charge in [-0.25, -0.2) is 4.99 Å². The van der Waals surface area contributed by atoms with Crippen LogP contribution in [0, 0.1) is 6.92 Å². The third-order valence-electron chi connectivity index (χ3n) is 3.30. The van der Waals surface area contributed by atoms with Crippen molar-refractivity contribution in [3.63, 3.8) is 0 Å². The molecule has 0 heterocycles. The van der Waals surface area contributed by atoms with Gasteiger partial charge in [-0.2, -0.15) is 19.1 Å². The Kier molecular flexibility index (Phi) is 6.92. The van der Waals surface area contributed by atoms with E-state index in [9.17, 15) is 18.0 Å². The number of benzene rings is 2. The van der Waals surface area contributed by atoms with Gasteiger partial charge in [0, 0.05) is 10.5 Å². The van der Waals surface area contributed by atoms with Crippen molar-refractivity contribution in [1.82, 2.24) is 0 Å². The molecule has 0 bridgehead atoms. The Labute approximate surface area is 152 Å². The fourth-order valence-corrected chi connectivity index (χ4v) is 2.35. The Morgan fingerprint density at radius 1 is 1.12 bits per heavy atom. The molecule has 0 fully saturated rings. The molecule has 0 aliphatic rings. The van der Waals surface area contributed by atoms with Crippen molar-refractivity contribution in [1.29, 1.82) is 0 Å². The molecular weight excluding hydrogens is 369 g/mol. The highest BCUT2D eigenvalue weighted by atomic mass is 32.2. The molecule has 0 saturated carbocycles. The summed E-state index contributed by atoms with van der Waals surface area (Å²) in [6, 6.07) is 12.0. The number of aliphatic imine (C=N–C) groups is 1. The van der Waals surface area contributed by atoms with E-state index in [0.29, 0.717) is 4.90 Å². The molecule has 0 radical (unpaired) electrons. The number of halogens is 3. The number of carbonyl (C=O) groups excluding carboxylic acids is 1. The Balaban J connectivity index is 2.20. The minimum atomic E-state index is -4.72. The largest absolute Gasteiger partial charge is 0.429 e. The van der Waals surface area contributed by atoms with Gasteiger partial charge in [0.05, 0.1) is 24.2 Å². The number of ketones is 1. The Morgan fingerprint density at radius 3 is 2.27 bits per heavy atom. The van der Waals surface area contributed by atoms with Crippen LogP contribution >= 0.6 is 12.0 Å². The summed E-state index contributed by atoms with van der Waals surface area (Å²) in [5, 5.41) is 0.